The maximum Gasteiger partial charge on any atom is 0.254 e. The van der Waals surface area contributed by atoms with Gasteiger partial charge >= 0.3 is 0 Å². The largest absolute Gasteiger partial charge is 0.507 e. The van der Waals surface area contributed by atoms with Crippen LogP contribution in [0.3, 0.4) is 0 Å². The van der Waals surface area contributed by atoms with Gasteiger partial charge in [-0.2, -0.15) is 0 Å². The minimum absolute atomic E-state index is 0.0792. The molecule has 1 fully saturated rings. The molecule has 0 aliphatic carbocycles. The van der Waals surface area contributed by atoms with Gasteiger partial charge in [-0.05, 0) is 31.4 Å². The van der Waals surface area contributed by atoms with Crippen molar-refractivity contribution in [3.8, 4) is 5.75 Å². The first-order chi connectivity index (χ1) is 8.59. The highest BCUT2D eigenvalue weighted by atomic mass is 16.3. The second-order valence-corrected chi connectivity index (χ2v) is 5.27. The van der Waals surface area contributed by atoms with Crippen molar-refractivity contribution in [3.05, 3.63) is 28.3 Å². The van der Waals surface area contributed by atoms with E-state index < -0.39 is 0 Å². The molecule has 1 aromatic carbocycles. The third-order valence-corrected chi connectivity index (χ3v) is 4.05. The number of hydrogen-bond donors (Lipinski definition) is 2. The molecule has 1 atom stereocenters. The van der Waals surface area contributed by atoms with Crippen LogP contribution in [0.1, 0.15) is 27.0 Å². The number of aromatic hydroxyl groups is 1. The maximum atomic E-state index is 12.5. The predicted molar refractivity (Wildman–Crippen MR) is 69.0 cm³/mol. The summed E-state index contributed by atoms with van der Waals surface area (Å²) in [5.41, 5.74) is 3.39. The number of nitrogens with one attached hydrogen (secondary N) is 1. The molecule has 4 heteroatoms. The number of amides is 1. The molecule has 0 spiro atoms. The normalized spacial score (nSPS) is 22.7. The van der Waals surface area contributed by atoms with Crippen LogP contribution in [0.2, 0.25) is 0 Å². The van der Waals surface area contributed by atoms with Gasteiger partial charge < -0.3 is 15.3 Å². The molecule has 2 aliphatic rings. The van der Waals surface area contributed by atoms with Crippen LogP contribution < -0.4 is 5.32 Å². The van der Waals surface area contributed by atoms with E-state index in [1.165, 1.54) is 0 Å². The smallest absolute Gasteiger partial charge is 0.254 e. The van der Waals surface area contributed by atoms with Crippen LogP contribution >= 0.6 is 0 Å². The average Bonchev–Trinajstić information content (AvgIpc) is 2.36. The molecule has 4 nitrogen and oxygen atoms in total. The molecule has 1 amide bonds. The number of fused-ring (bicyclic) bond motifs is 2. The van der Waals surface area contributed by atoms with Crippen molar-refractivity contribution in [1.82, 2.24) is 10.2 Å². The second-order valence-electron chi connectivity index (χ2n) is 5.27. The van der Waals surface area contributed by atoms with Gasteiger partial charge in [-0.1, -0.05) is 6.07 Å². The molecule has 0 saturated carbocycles. The van der Waals surface area contributed by atoms with Gasteiger partial charge in [-0.15, -0.1) is 0 Å². The van der Waals surface area contributed by atoms with Gasteiger partial charge in [0.2, 0.25) is 0 Å². The molecule has 0 aromatic heterocycles. The molecule has 1 unspecified atom stereocenters. The number of nitrogens with zero attached hydrogens (tertiary/aromatic N) is 1. The lowest BCUT2D eigenvalue weighted by Crippen LogP contribution is -2.56. The highest BCUT2D eigenvalue weighted by Gasteiger charge is 2.36. The lowest BCUT2D eigenvalue weighted by Gasteiger charge is -2.41. The van der Waals surface area contributed by atoms with E-state index in [-0.39, 0.29) is 11.9 Å². The summed E-state index contributed by atoms with van der Waals surface area (Å²) in [5, 5.41) is 13.5. The molecule has 18 heavy (non-hydrogen) atoms. The van der Waals surface area contributed by atoms with Crippen molar-refractivity contribution in [3.63, 3.8) is 0 Å². The van der Waals surface area contributed by atoms with Crippen LogP contribution in [0.15, 0.2) is 6.07 Å². The third-order valence-electron chi connectivity index (χ3n) is 4.05. The highest BCUT2D eigenvalue weighted by molar-refractivity contribution is 5.99. The van der Waals surface area contributed by atoms with E-state index in [1.807, 2.05) is 24.8 Å². The van der Waals surface area contributed by atoms with E-state index >= 15 is 0 Å². The van der Waals surface area contributed by atoms with E-state index in [4.69, 9.17) is 0 Å². The van der Waals surface area contributed by atoms with E-state index in [0.29, 0.717) is 5.75 Å². The number of carbonyl (C=O) groups excluding carboxylic acids is 1. The van der Waals surface area contributed by atoms with Crippen LogP contribution in [0.25, 0.3) is 0 Å². The number of rotatable bonds is 0. The van der Waals surface area contributed by atoms with Crippen LogP contribution in [0.5, 0.6) is 5.75 Å². The Morgan fingerprint density at radius 1 is 1.39 bits per heavy atom. The van der Waals surface area contributed by atoms with Gasteiger partial charge in [0.15, 0.2) is 0 Å². The minimum atomic E-state index is 0.0792. The molecule has 1 saturated heterocycles. The van der Waals surface area contributed by atoms with Crippen LogP contribution in [-0.4, -0.2) is 41.6 Å². The summed E-state index contributed by atoms with van der Waals surface area (Å²) in [6.45, 7) is 6.27. The number of phenolic OH excluding ortho intramolecular Hbond substituents is 1. The third kappa shape index (κ3) is 1.52. The first kappa shape index (κ1) is 11.5. The first-order valence-electron chi connectivity index (χ1n) is 6.43. The molecular weight excluding hydrogens is 228 g/mol. The quantitative estimate of drug-likeness (QED) is 0.717. The van der Waals surface area contributed by atoms with Gasteiger partial charge in [0.25, 0.3) is 5.91 Å². The zero-order chi connectivity index (χ0) is 12.9. The van der Waals surface area contributed by atoms with E-state index in [1.54, 1.807) is 0 Å². The number of benzene rings is 1. The Balaban J connectivity index is 2.15. The standard InChI is InChI=1S/C14H18N2O2/c1-8-5-9(2)13(17)11-6-10-7-15-3-4-16(10)14(18)12(8)11/h5,10,15,17H,3-4,6-7H2,1-2H3. The summed E-state index contributed by atoms with van der Waals surface area (Å²) < 4.78 is 0. The van der Waals surface area contributed by atoms with Crippen molar-refractivity contribution in [1.29, 1.82) is 0 Å². The zero-order valence-corrected chi connectivity index (χ0v) is 10.8. The topological polar surface area (TPSA) is 52.6 Å². The van der Waals surface area contributed by atoms with Gasteiger partial charge in [0.05, 0.1) is 0 Å². The molecular formula is C14H18N2O2. The highest BCUT2D eigenvalue weighted by Crippen LogP contribution is 2.35. The molecule has 2 N–H and O–H groups in total. The van der Waals surface area contributed by atoms with Crippen LogP contribution in [0, 0.1) is 13.8 Å². The Morgan fingerprint density at radius 3 is 2.94 bits per heavy atom. The molecule has 96 valence electrons. The summed E-state index contributed by atoms with van der Waals surface area (Å²) in [6.07, 6.45) is 0.752. The fourth-order valence-corrected chi connectivity index (χ4v) is 3.15. The predicted octanol–water partition coefficient (Wildman–Crippen LogP) is 0.979. The lowest BCUT2D eigenvalue weighted by atomic mass is 9.87. The number of piperazine rings is 1. The lowest BCUT2D eigenvalue weighted by molar-refractivity contribution is 0.0603. The van der Waals surface area contributed by atoms with Gasteiger partial charge in [0, 0.05) is 36.8 Å². The average molecular weight is 246 g/mol. The van der Waals surface area contributed by atoms with Crippen molar-refractivity contribution >= 4 is 5.91 Å². The summed E-state index contributed by atoms with van der Waals surface area (Å²) in [5.74, 6) is 0.379. The van der Waals surface area contributed by atoms with E-state index in [2.05, 4.69) is 5.32 Å². The molecule has 0 bridgehead atoms. The summed E-state index contributed by atoms with van der Waals surface area (Å²) in [7, 11) is 0. The number of aryl methyl sites for hydroxylation is 2. The fraction of sp³-hybridized carbons (Fsp3) is 0.500. The fourth-order valence-electron chi connectivity index (χ4n) is 3.15. The summed E-state index contributed by atoms with van der Waals surface area (Å²) in [4.78, 5) is 14.5. The first-order valence-corrected chi connectivity index (χ1v) is 6.43. The Bertz CT molecular complexity index is 525. The minimum Gasteiger partial charge on any atom is -0.507 e. The zero-order valence-electron chi connectivity index (χ0n) is 10.8. The van der Waals surface area contributed by atoms with Gasteiger partial charge in [-0.25, -0.2) is 0 Å². The summed E-state index contributed by atoms with van der Waals surface area (Å²) >= 11 is 0. The van der Waals surface area contributed by atoms with Gasteiger partial charge in [0.1, 0.15) is 5.75 Å². The molecule has 1 aromatic rings. The molecule has 0 radical (unpaired) electrons. The monoisotopic (exact) mass is 246 g/mol. The number of carbonyl (C=O) groups is 1. The SMILES string of the molecule is Cc1cc(C)c2c(c1O)CC1CNCCN1C2=O. The second kappa shape index (κ2) is 3.99. The Kier molecular flexibility index (Phi) is 2.55. The maximum absolute atomic E-state index is 12.5. The molecule has 3 rings (SSSR count). The molecule has 2 heterocycles. The number of phenols is 1. The van der Waals surface area contributed by atoms with Crippen LogP contribution in [0.4, 0.5) is 0 Å². The Labute approximate surface area is 107 Å². The Morgan fingerprint density at radius 2 is 2.17 bits per heavy atom. The van der Waals surface area contributed by atoms with Crippen molar-refractivity contribution in [2.45, 2.75) is 26.3 Å². The van der Waals surface area contributed by atoms with Crippen molar-refractivity contribution in [2.24, 2.45) is 0 Å². The van der Waals surface area contributed by atoms with E-state index in [0.717, 1.165) is 48.3 Å². The molecule has 2 aliphatic heterocycles. The van der Waals surface area contributed by atoms with Crippen LogP contribution in [-0.2, 0) is 6.42 Å². The Hall–Kier alpha value is -1.55. The van der Waals surface area contributed by atoms with E-state index in [9.17, 15) is 9.90 Å². The van der Waals surface area contributed by atoms with Gasteiger partial charge in [-0.3, -0.25) is 4.79 Å². The summed E-state index contributed by atoms with van der Waals surface area (Å²) in [6, 6.07) is 2.08. The van der Waals surface area contributed by atoms with Crippen molar-refractivity contribution in [2.75, 3.05) is 19.6 Å². The number of hydrogen-bond acceptors (Lipinski definition) is 3. The van der Waals surface area contributed by atoms with Crippen molar-refractivity contribution < 1.29 is 9.90 Å².